The largest absolute Gasteiger partial charge is 0.435 e. The summed E-state index contributed by atoms with van der Waals surface area (Å²) >= 11 is 5.11. The molecule has 0 fully saturated rings. The highest BCUT2D eigenvalue weighted by Crippen LogP contribution is 2.31. The molecule has 0 aliphatic heterocycles. The third kappa shape index (κ3) is 4.40. The Morgan fingerprint density at radius 1 is 1.22 bits per heavy atom. The topological polar surface area (TPSA) is 113 Å². The average Bonchev–Trinajstić information content (AvgIpc) is 3.20. The molecule has 0 aliphatic rings. The molecule has 32 heavy (non-hydrogen) atoms. The molecule has 2 N–H and O–H groups in total. The summed E-state index contributed by atoms with van der Waals surface area (Å²) in [4.78, 5) is 29.3. The summed E-state index contributed by atoms with van der Waals surface area (Å²) in [6.45, 7) is 1.54. The molecule has 0 radical (unpaired) electrons. The number of carbonyl (C=O) groups is 2. The third-order valence-corrected chi connectivity index (χ3v) is 4.68. The maximum absolute atomic E-state index is 13.3. The fourth-order valence-corrected chi connectivity index (χ4v) is 3.11. The Labute approximate surface area is 184 Å². The van der Waals surface area contributed by atoms with Gasteiger partial charge in [0.1, 0.15) is 5.69 Å². The SMILES string of the molecule is CNC(=O)c1cc(C#N)cc(C)c1NC(=O)c1cc(C(F)(F)F)nn1-c1ncccc1[ClH+]. The number of anilines is 1. The minimum Gasteiger partial charge on any atom is -0.355 e. The van der Waals surface area contributed by atoms with Crippen LogP contribution in [0.15, 0.2) is 36.5 Å². The number of aryl methyl sites for hydroxylation is 1. The zero-order valence-corrected chi connectivity index (χ0v) is 17.4. The van der Waals surface area contributed by atoms with Gasteiger partial charge in [-0.15, -0.1) is 0 Å². The van der Waals surface area contributed by atoms with E-state index >= 15 is 0 Å². The number of aromatic nitrogens is 3. The smallest absolute Gasteiger partial charge is 0.355 e. The Morgan fingerprint density at radius 2 is 1.94 bits per heavy atom. The van der Waals surface area contributed by atoms with E-state index < -0.39 is 29.4 Å². The van der Waals surface area contributed by atoms with E-state index in [1.165, 1.54) is 37.5 Å². The number of carbonyl (C=O) groups excluding carboxylic acids is 2. The fourth-order valence-electron chi connectivity index (χ4n) is 2.89. The number of amides is 2. The first-order valence-electron chi connectivity index (χ1n) is 8.94. The molecule has 2 heterocycles. The minimum atomic E-state index is -4.83. The van der Waals surface area contributed by atoms with Crippen LogP contribution < -0.4 is 10.6 Å². The lowest BCUT2D eigenvalue weighted by atomic mass is 10.0. The predicted molar refractivity (Wildman–Crippen MR) is 104 cm³/mol. The van der Waals surface area contributed by atoms with Gasteiger partial charge in [0.15, 0.2) is 17.3 Å². The number of hydrogen-bond acceptors (Lipinski definition) is 5. The maximum atomic E-state index is 13.3. The van der Waals surface area contributed by atoms with Crippen LogP contribution in [-0.4, -0.2) is 33.6 Å². The van der Waals surface area contributed by atoms with Crippen molar-refractivity contribution in [2.75, 3.05) is 12.4 Å². The van der Waals surface area contributed by atoms with E-state index in [-0.39, 0.29) is 27.7 Å². The molecular formula is C20H15ClF3N6O2+. The van der Waals surface area contributed by atoms with Crippen LogP contribution in [0, 0.1) is 29.9 Å². The second kappa shape index (κ2) is 8.68. The van der Waals surface area contributed by atoms with Gasteiger partial charge in [0.25, 0.3) is 16.8 Å². The van der Waals surface area contributed by atoms with E-state index in [0.717, 1.165) is 0 Å². The van der Waals surface area contributed by atoms with Crippen LogP contribution in [0.1, 0.15) is 37.7 Å². The second-order valence-electron chi connectivity index (χ2n) is 6.51. The molecule has 0 atom stereocenters. The molecule has 0 saturated heterocycles. The van der Waals surface area contributed by atoms with Gasteiger partial charge in [0.2, 0.25) is 5.82 Å². The van der Waals surface area contributed by atoms with Gasteiger partial charge in [-0.3, -0.25) is 9.59 Å². The molecule has 0 saturated carbocycles. The highest BCUT2D eigenvalue weighted by Gasteiger charge is 2.37. The van der Waals surface area contributed by atoms with Crippen molar-refractivity contribution in [3.05, 3.63) is 69.6 Å². The molecule has 3 aromatic rings. The van der Waals surface area contributed by atoms with Crippen LogP contribution in [0.4, 0.5) is 18.9 Å². The van der Waals surface area contributed by atoms with Crippen molar-refractivity contribution in [2.24, 2.45) is 0 Å². The summed E-state index contributed by atoms with van der Waals surface area (Å²) in [7, 11) is 1.36. The summed E-state index contributed by atoms with van der Waals surface area (Å²) in [5, 5.41) is 17.6. The Kier molecular flexibility index (Phi) is 6.18. The van der Waals surface area contributed by atoms with Crippen molar-refractivity contribution in [1.82, 2.24) is 20.1 Å². The van der Waals surface area contributed by atoms with Crippen LogP contribution in [0.25, 0.3) is 5.82 Å². The molecule has 0 spiro atoms. The van der Waals surface area contributed by atoms with Crippen LogP contribution >= 0.6 is 0 Å². The number of nitrogens with one attached hydrogen (secondary N) is 2. The Bertz CT molecular complexity index is 1260. The quantitative estimate of drug-likeness (QED) is 0.617. The fraction of sp³-hybridized carbons (Fsp3) is 0.150. The number of pyridine rings is 1. The Hall–Kier alpha value is -3.91. The molecule has 8 nitrogen and oxygen atoms in total. The first kappa shape index (κ1) is 22.8. The van der Waals surface area contributed by atoms with Crippen molar-refractivity contribution in [3.63, 3.8) is 0 Å². The van der Waals surface area contributed by atoms with Gasteiger partial charge < -0.3 is 10.6 Å². The molecule has 3 rings (SSSR count). The molecule has 0 aliphatic carbocycles. The normalized spacial score (nSPS) is 11.0. The minimum absolute atomic E-state index is 0.0266. The van der Waals surface area contributed by atoms with E-state index in [0.29, 0.717) is 16.3 Å². The van der Waals surface area contributed by atoms with Crippen LogP contribution in [0.5, 0.6) is 0 Å². The molecule has 2 amide bonds. The van der Waals surface area contributed by atoms with E-state index in [9.17, 15) is 22.8 Å². The van der Waals surface area contributed by atoms with E-state index in [1.54, 1.807) is 6.92 Å². The molecule has 1 aromatic carbocycles. The lowest BCUT2D eigenvalue weighted by Crippen LogP contribution is -2.24. The Balaban J connectivity index is 2.14. The lowest BCUT2D eigenvalue weighted by Gasteiger charge is -2.14. The third-order valence-electron chi connectivity index (χ3n) is 4.36. The van der Waals surface area contributed by atoms with E-state index in [2.05, 4.69) is 20.7 Å². The van der Waals surface area contributed by atoms with Gasteiger partial charge in [-0.2, -0.15) is 23.5 Å². The summed E-state index contributed by atoms with van der Waals surface area (Å²) in [6, 6.07) is 8.10. The van der Waals surface area contributed by atoms with E-state index in [4.69, 9.17) is 16.9 Å². The summed E-state index contributed by atoms with van der Waals surface area (Å²) in [6.07, 6.45) is -3.52. The maximum Gasteiger partial charge on any atom is 0.435 e. The number of alkyl halides is 3. The van der Waals surface area contributed by atoms with Crippen LogP contribution in [0.3, 0.4) is 0 Å². The molecular weight excluding hydrogens is 449 g/mol. The number of halogens is 4. The molecule has 12 heteroatoms. The van der Waals surface area contributed by atoms with Crippen molar-refractivity contribution < 1.29 is 34.4 Å². The summed E-state index contributed by atoms with van der Waals surface area (Å²) < 4.78 is 40.6. The van der Waals surface area contributed by atoms with Gasteiger partial charge >= 0.3 is 6.18 Å². The molecule has 164 valence electrons. The van der Waals surface area contributed by atoms with Gasteiger partial charge in [-0.25, -0.2) is 9.67 Å². The van der Waals surface area contributed by atoms with Gasteiger partial charge in [0, 0.05) is 25.4 Å². The number of nitrogens with zero attached hydrogens (tertiary/aromatic N) is 4. The number of hydrogen-bond donors (Lipinski definition) is 2. The highest BCUT2D eigenvalue weighted by molar-refractivity contribution is 6.09. The van der Waals surface area contributed by atoms with Crippen molar-refractivity contribution in [1.29, 1.82) is 5.26 Å². The number of nitriles is 1. The highest BCUT2D eigenvalue weighted by atomic mass is 35.5. The average molecular weight is 464 g/mol. The van der Waals surface area contributed by atoms with Gasteiger partial charge in [-0.1, -0.05) is 0 Å². The Morgan fingerprint density at radius 3 is 2.53 bits per heavy atom. The molecule has 0 bridgehead atoms. The van der Waals surface area contributed by atoms with Crippen molar-refractivity contribution in [2.45, 2.75) is 13.1 Å². The zero-order chi connectivity index (χ0) is 23.6. The molecule has 0 unspecified atom stereocenters. The molecule has 2 aromatic heterocycles. The van der Waals surface area contributed by atoms with Crippen LogP contribution in [0.2, 0.25) is 5.02 Å². The van der Waals surface area contributed by atoms with Crippen LogP contribution in [-0.2, 0) is 6.18 Å². The first-order chi connectivity index (χ1) is 15.1. The van der Waals surface area contributed by atoms with Gasteiger partial charge in [0.05, 0.1) is 22.9 Å². The first-order valence-corrected chi connectivity index (χ1v) is 9.35. The zero-order valence-electron chi connectivity index (χ0n) is 16.6. The van der Waals surface area contributed by atoms with Crippen molar-refractivity contribution in [3.8, 4) is 11.9 Å². The monoisotopic (exact) mass is 463 g/mol. The van der Waals surface area contributed by atoms with Crippen molar-refractivity contribution >= 4 is 17.5 Å². The predicted octanol–water partition coefficient (Wildman–Crippen LogP) is 2.77. The summed E-state index contributed by atoms with van der Waals surface area (Å²) in [5.41, 5.74) is -1.26. The number of rotatable bonds is 4. The lowest BCUT2D eigenvalue weighted by molar-refractivity contribution is -0.289. The van der Waals surface area contributed by atoms with E-state index in [1.807, 2.05) is 6.07 Å². The number of benzene rings is 1. The second-order valence-corrected chi connectivity index (χ2v) is 6.95. The standard InChI is InChI=1S/C20H14ClF3N6O2/c1-10-6-11(9-25)7-12(18(31)26-2)16(10)28-19(32)14-8-15(20(22,23)24)29-30(14)17-13(21)4-3-5-27-17/h3-8,21H,1-2H3,(H-,26,28,31,32)/p+1. The summed E-state index contributed by atoms with van der Waals surface area (Å²) in [5.74, 6) is -1.71. The van der Waals surface area contributed by atoms with Gasteiger partial charge in [-0.05, 0) is 30.7 Å².